The summed E-state index contributed by atoms with van der Waals surface area (Å²) in [7, 11) is 0. The number of aliphatic hydroxyl groups excluding tert-OH is 1. The van der Waals surface area contributed by atoms with Crippen LogP contribution in [0.25, 0.3) is 0 Å². The topological polar surface area (TPSA) is 90.3 Å². The Morgan fingerprint density at radius 2 is 2.00 bits per heavy atom. The van der Waals surface area contributed by atoms with Crippen molar-refractivity contribution in [1.29, 1.82) is 0 Å². The zero-order valence-corrected chi connectivity index (χ0v) is 21.4. The average molecular weight is 517 g/mol. The first-order chi connectivity index (χ1) is 17.3. The van der Waals surface area contributed by atoms with Gasteiger partial charge in [0.25, 0.3) is 5.92 Å². The van der Waals surface area contributed by atoms with Gasteiger partial charge in [-0.2, -0.15) is 17.7 Å². The van der Waals surface area contributed by atoms with Crippen LogP contribution in [0, 0.1) is 6.92 Å². The first-order valence-electron chi connectivity index (χ1n) is 11.9. The minimum absolute atomic E-state index is 0.198. The van der Waals surface area contributed by atoms with Crippen LogP contribution in [-0.2, 0) is 6.54 Å². The van der Waals surface area contributed by atoms with E-state index in [2.05, 4.69) is 55.7 Å². The van der Waals surface area contributed by atoms with E-state index >= 15 is 0 Å². The Hall–Kier alpha value is -2.82. The van der Waals surface area contributed by atoms with Gasteiger partial charge in [0, 0.05) is 68.6 Å². The molecule has 1 aromatic heterocycles. The van der Waals surface area contributed by atoms with Gasteiger partial charge in [0.15, 0.2) is 0 Å². The van der Waals surface area contributed by atoms with Gasteiger partial charge in [-0.1, -0.05) is 18.2 Å². The van der Waals surface area contributed by atoms with Crippen LogP contribution in [0.1, 0.15) is 23.2 Å². The Bertz CT molecular complexity index is 1070. The molecule has 1 fully saturated rings. The standard InChI is InChI=1S/C26H34F2N6OS/c1-20-14-23(34-12-10-33(11-13-34)17-22-4-2-3-9-31-22)5-6-24(20)25(32-29)16-30-15-21(18-36)7-8-26(27,28)19-35/h2-7,9,14,16,35-36H,8,10-13,15,17-19,29H2,1H3/b21-7-,30-16?,32-25+. The highest BCUT2D eigenvalue weighted by atomic mass is 32.1. The summed E-state index contributed by atoms with van der Waals surface area (Å²) in [4.78, 5) is 13.5. The molecule has 0 saturated carbocycles. The fourth-order valence-corrected chi connectivity index (χ4v) is 4.21. The van der Waals surface area contributed by atoms with Gasteiger partial charge in [-0.05, 0) is 42.3 Å². The lowest BCUT2D eigenvalue weighted by Gasteiger charge is -2.36. The molecule has 0 radical (unpaired) electrons. The minimum Gasteiger partial charge on any atom is -0.390 e. The summed E-state index contributed by atoms with van der Waals surface area (Å²) < 4.78 is 26.6. The maximum atomic E-state index is 13.3. The minimum atomic E-state index is -3.15. The van der Waals surface area contributed by atoms with Crippen LogP contribution in [0.4, 0.5) is 14.5 Å². The lowest BCUT2D eigenvalue weighted by atomic mass is 10.0. The van der Waals surface area contributed by atoms with E-state index < -0.39 is 19.0 Å². The molecule has 1 aliphatic rings. The monoisotopic (exact) mass is 516 g/mol. The van der Waals surface area contributed by atoms with Gasteiger partial charge in [0.1, 0.15) is 12.3 Å². The number of nitrogens with two attached hydrogens (primary N) is 1. The van der Waals surface area contributed by atoms with E-state index in [0.717, 1.165) is 55.2 Å². The van der Waals surface area contributed by atoms with Crippen LogP contribution in [0.5, 0.6) is 0 Å². The lowest BCUT2D eigenvalue weighted by Crippen LogP contribution is -2.46. The molecule has 1 aliphatic heterocycles. The molecule has 2 aromatic rings. The lowest BCUT2D eigenvalue weighted by molar-refractivity contribution is -0.0467. The van der Waals surface area contributed by atoms with Crippen molar-refractivity contribution in [1.82, 2.24) is 9.88 Å². The van der Waals surface area contributed by atoms with Crippen molar-refractivity contribution in [3.05, 3.63) is 71.1 Å². The first kappa shape index (κ1) is 27.8. The highest BCUT2D eigenvalue weighted by Gasteiger charge is 2.26. The zero-order chi connectivity index (χ0) is 26.0. The van der Waals surface area contributed by atoms with Crippen molar-refractivity contribution in [2.75, 3.05) is 50.0 Å². The number of piperazine rings is 1. The number of thiol groups is 1. The predicted octanol–water partition coefficient (Wildman–Crippen LogP) is 3.32. The molecule has 3 N–H and O–H groups in total. The second kappa shape index (κ2) is 13.5. The van der Waals surface area contributed by atoms with E-state index in [1.165, 1.54) is 6.08 Å². The Morgan fingerprint density at radius 3 is 2.61 bits per heavy atom. The molecule has 1 saturated heterocycles. The SMILES string of the molecule is Cc1cc(N2CCN(Cc3ccccn3)CC2)ccc1/C(C=NC/C(=C/CC(F)(F)CO)CS)=N/N. The highest BCUT2D eigenvalue weighted by Crippen LogP contribution is 2.22. The molecule has 10 heteroatoms. The van der Waals surface area contributed by atoms with Crippen LogP contribution in [0.3, 0.4) is 0 Å². The van der Waals surface area contributed by atoms with Crippen LogP contribution in [0.2, 0.25) is 0 Å². The second-order valence-electron chi connectivity index (χ2n) is 8.81. The van der Waals surface area contributed by atoms with E-state index in [1.807, 2.05) is 31.3 Å². The van der Waals surface area contributed by atoms with Gasteiger partial charge in [-0.3, -0.25) is 14.9 Å². The largest absolute Gasteiger partial charge is 0.390 e. The summed E-state index contributed by atoms with van der Waals surface area (Å²) >= 11 is 4.18. The molecule has 194 valence electrons. The van der Waals surface area contributed by atoms with Gasteiger partial charge in [-0.15, -0.1) is 0 Å². The molecule has 1 aromatic carbocycles. The van der Waals surface area contributed by atoms with Crippen molar-refractivity contribution in [3.8, 4) is 0 Å². The summed E-state index contributed by atoms with van der Waals surface area (Å²) in [5.74, 6) is 2.78. The smallest absolute Gasteiger partial charge is 0.274 e. The number of alkyl halides is 2. The van der Waals surface area contributed by atoms with Crippen molar-refractivity contribution in [2.24, 2.45) is 15.9 Å². The Kier molecular flexibility index (Phi) is 10.4. The molecule has 0 atom stereocenters. The van der Waals surface area contributed by atoms with Gasteiger partial charge < -0.3 is 15.8 Å². The maximum absolute atomic E-state index is 13.3. The number of aliphatic hydroxyl groups is 1. The number of pyridine rings is 1. The predicted molar refractivity (Wildman–Crippen MR) is 146 cm³/mol. The molecule has 7 nitrogen and oxygen atoms in total. The molecule has 0 unspecified atom stereocenters. The third-order valence-corrected chi connectivity index (χ3v) is 6.51. The van der Waals surface area contributed by atoms with Gasteiger partial charge in [0.05, 0.1) is 12.2 Å². The third-order valence-electron chi connectivity index (χ3n) is 6.11. The number of anilines is 1. The molecule has 0 bridgehead atoms. The van der Waals surface area contributed by atoms with E-state index in [-0.39, 0.29) is 12.3 Å². The summed E-state index contributed by atoms with van der Waals surface area (Å²) in [6, 6.07) is 12.2. The van der Waals surface area contributed by atoms with Crippen LogP contribution < -0.4 is 10.7 Å². The fraction of sp³-hybridized carbons (Fsp3) is 0.423. The number of aromatic nitrogens is 1. The van der Waals surface area contributed by atoms with E-state index in [1.54, 1.807) is 6.21 Å². The molecule has 3 rings (SSSR count). The number of hydrazone groups is 1. The van der Waals surface area contributed by atoms with Crippen LogP contribution in [-0.4, -0.2) is 77.9 Å². The normalized spacial score (nSPS) is 16.2. The number of rotatable bonds is 11. The number of nitrogens with zero attached hydrogens (tertiary/aromatic N) is 5. The number of aryl methyl sites for hydroxylation is 1. The molecule has 0 amide bonds. The van der Waals surface area contributed by atoms with E-state index in [0.29, 0.717) is 11.3 Å². The number of aliphatic imine (C=N–C) groups is 1. The molecule has 36 heavy (non-hydrogen) atoms. The highest BCUT2D eigenvalue weighted by molar-refractivity contribution is 7.80. The van der Waals surface area contributed by atoms with Crippen LogP contribution in [0.15, 0.2) is 64.3 Å². The van der Waals surface area contributed by atoms with Gasteiger partial charge >= 0.3 is 0 Å². The molecule has 2 heterocycles. The fourth-order valence-electron chi connectivity index (χ4n) is 3.98. The first-order valence-corrected chi connectivity index (χ1v) is 12.5. The summed E-state index contributed by atoms with van der Waals surface area (Å²) in [5.41, 5.74) is 5.26. The van der Waals surface area contributed by atoms with Crippen molar-refractivity contribution in [2.45, 2.75) is 25.8 Å². The zero-order valence-electron chi connectivity index (χ0n) is 20.5. The number of hydrogen-bond donors (Lipinski definition) is 3. The number of allylic oxidation sites excluding steroid dienone is 1. The summed E-state index contributed by atoms with van der Waals surface area (Å²) in [6.45, 7) is 5.66. The third kappa shape index (κ3) is 8.11. The molecular weight excluding hydrogens is 482 g/mol. The van der Waals surface area contributed by atoms with Crippen molar-refractivity contribution < 1.29 is 13.9 Å². The Labute approximate surface area is 216 Å². The number of benzene rings is 1. The summed E-state index contributed by atoms with van der Waals surface area (Å²) in [6.07, 6.45) is 4.20. The van der Waals surface area contributed by atoms with Crippen molar-refractivity contribution >= 4 is 30.2 Å². The Morgan fingerprint density at radius 1 is 1.22 bits per heavy atom. The van der Waals surface area contributed by atoms with Crippen LogP contribution >= 0.6 is 12.6 Å². The quantitative estimate of drug-likeness (QED) is 0.140. The second-order valence-corrected chi connectivity index (χ2v) is 9.12. The maximum Gasteiger partial charge on any atom is 0.274 e. The van der Waals surface area contributed by atoms with Gasteiger partial charge in [0.2, 0.25) is 0 Å². The van der Waals surface area contributed by atoms with E-state index in [9.17, 15) is 8.78 Å². The van der Waals surface area contributed by atoms with Crippen molar-refractivity contribution in [3.63, 3.8) is 0 Å². The summed E-state index contributed by atoms with van der Waals surface area (Å²) in [5, 5.41) is 12.6. The average Bonchev–Trinajstić information content (AvgIpc) is 2.90. The van der Waals surface area contributed by atoms with Gasteiger partial charge in [-0.25, -0.2) is 8.78 Å². The van der Waals surface area contributed by atoms with E-state index in [4.69, 9.17) is 10.9 Å². The molecule has 0 spiro atoms. The number of halogens is 2. The molecule has 0 aliphatic carbocycles. The number of hydrogen-bond acceptors (Lipinski definition) is 8. The molecular formula is C26H34F2N6OS. The Balaban J connectivity index is 1.58.